The molecular weight excluding hydrogens is 315 g/mol. The SMILES string of the molecule is O=C(NC(=O)c1c(O)cccc1Cl)Nc1ccc(Cl)cc1. The monoisotopic (exact) mass is 324 g/mol. The molecule has 0 aromatic heterocycles. The lowest BCUT2D eigenvalue weighted by Gasteiger charge is -2.09. The molecule has 2 aromatic rings. The highest BCUT2D eigenvalue weighted by molar-refractivity contribution is 6.34. The summed E-state index contributed by atoms with van der Waals surface area (Å²) in [7, 11) is 0. The number of hydrogen-bond donors (Lipinski definition) is 3. The number of phenolic OH excluding ortho intramolecular Hbond substituents is 1. The molecule has 0 unspecified atom stereocenters. The van der Waals surface area contributed by atoms with Crippen molar-refractivity contribution >= 4 is 40.8 Å². The number of halogens is 2. The van der Waals surface area contributed by atoms with Gasteiger partial charge in [0.25, 0.3) is 5.91 Å². The van der Waals surface area contributed by atoms with Gasteiger partial charge in [0.15, 0.2) is 0 Å². The average Bonchev–Trinajstić information content (AvgIpc) is 2.41. The number of carbonyl (C=O) groups excluding carboxylic acids is 2. The number of aromatic hydroxyl groups is 1. The van der Waals surface area contributed by atoms with Crippen molar-refractivity contribution in [3.8, 4) is 5.75 Å². The fourth-order valence-corrected chi connectivity index (χ4v) is 1.98. The van der Waals surface area contributed by atoms with Gasteiger partial charge in [0, 0.05) is 10.7 Å². The summed E-state index contributed by atoms with van der Waals surface area (Å²) in [6.45, 7) is 0. The summed E-state index contributed by atoms with van der Waals surface area (Å²) in [5.41, 5.74) is 0.304. The van der Waals surface area contributed by atoms with Crippen LogP contribution in [-0.4, -0.2) is 17.0 Å². The highest BCUT2D eigenvalue weighted by Crippen LogP contribution is 2.24. The number of nitrogens with one attached hydrogen (secondary N) is 2. The molecule has 0 fully saturated rings. The quantitative estimate of drug-likeness (QED) is 0.788. The predicted molar refractivity (Wildman–Crippen MR) is 81.1 cm³/mol. The van der Waals surface area contributed by atoms with Crippen LogP contribution in [0.5, 0.6) is 5.75 Å². The van der Waals surface area contributed by atoms with Crippen LogP contribution in [0.1, 0.15) is 10.4 Å². The summed E-state index contributed by atoms with van der Waals surface area (Å²) < 4.78 is 0. The summed E-state index contributed by atoms with van der Waals surface area (Å²) in [4.78, 5) is 23.6. The Morgan fingerprint density at radius 2 is 1.67 bits per heavy atom. The van der Waals surface area contributed by atoms with Crippen LogP contribution in [0.4, 0.5) is 10.5 Å². The van der Waals surface area contributed by atoms with Crippen LogP contribution >= 0.6 is 23.2 Å². The minimum absolute atomic E-state index is 0.0480. The molecule has 0 atom stereocenters. The number of rotatable bonds is 2. The first-order valence-electron chi connectivity index (χ1n) is 5.83. The normalized spacial score (nSPS) is 10.0. The fraction of sp³-hybridized carbons (Fsp3) is 0. The van der Waals surface area contributed by atoms with Crippen molar-refractivity contribution < 1.29 is 14.7 Å². The van der Waals surface area contributed by atoms with Crippen LogP contribution < -0.4 is 10.6 Å². The third-order valence-electron chi connectivity index (χ3n) is 2.55. The van der Waals surface area contributed by atoms with E-state index in [1.54, 1.807) is 24.3 Å². The summed E-state index contributed by atoms with van der Waals surface area (Å²) >= 11 is 11.5. The van der Waals surface area contributed by atoms with Crippen molar-refractivity contribution in [3.05, 3.63) is 58.1 Å². The van der Waals surface area contributed by atoms with E-state index in [2.05, 4.69) is 10.6 Å². The molecule has 3 amide bonds. The van der Waals surface area contributed by atoms with E-state index in [1.807, 2.05) is 0 Å². The zero-order valence-electron chi connectivity index (χ0n) is 10.6. The lowest BCUT2D eigenvalue weighted by Crippen LogP contribution is -2.34. The van der Waals surface area contributed by atoms with Gasteiger partial charge < -0.3 is 10.4 Å². The lowest BCUT2D eigenvalue weighted by atomic mass is 10.2. The molecule has 0 spiro atoms. The largest absolute Gasteiger partial charge is 0.507 e. The van der Waals surface area contributed by atoms with Gasteiger partial charge in [-0.2, -0.15) is 0 Å². The Bertz CT molecular complexity index is 667. The molecule has 3 N–H and O–H groups in total. The fourth-order valence-electron chi connectivity index (χ4n) is 1.60. The third-order valence-corrected chi connectivity index (χ3v) is 3.11. The van der Waals surface area contributed by atoms with Gasteiger partial charge in [-0.1, -0.05) is 29.3 Å². The Kier molecular flexibility index (Phi) is 4.67. The molecular formula is C14H10Cl2N2O3. The molecule has 0 heterocycles. The van der Waals surface area contributed by atoms with Gasteiger partial charge in [-0.3, -0.25) is 10.1 Å². The average molecular weight is 325 g/mol. The van der Waals surface area contributed by atoms with E-state index >= 15 is 0 Å². The maximum Gasteiger partial charge on any atom is 0.326 e. The van der Waals surface area contributed by atoms with Gasteiger partial charge in [-0.25, -0.2) is 4.79 Å². The molecule has 0 aliphatic heterocycles. The second-order valence-corrected chi connectivity index (χ2v) is 4.89. The minimum Gasteiger partial charge on any atom is -0.507 e. The number of anilines is 1. The number of imide groups is 1. The number of phenols is 1. The zero-order chi connectivity index (χ0) is 15.4. The van der Waals surface area contributed by atoms with E-state index in [9.17, 15) is 14.7 Å². The number of amides is 3. The molecule has 21 heavy (non-hydrogen) atoms. The van der Waals surface area contributed by atoms with E-state index in [-0.39, 0.29) is 16.3 Å². The molecule has 2 aromatic carbocycles. The van der Waals surface area contributed by atoms with E-state index in [0.29, 0.717) is 10.7 Å². The number of hydrogen-bond acceptors (Lipinski definition) is 3. The van der Waals surface area contributed by atoms with Crippen molar-refractivity contribution in [1.29, 1.82) is 0 Å². The van der Waals surface area contributed by atoms with Crippen LogP contribution in [0.2, 0.25) is 10.0 Å². The Hall–Kier alpha value is -2.24. The van der Waals surface area contributed by atoms with Crippen molar-refractivity contribution in [2.45, 2.75) is 0 Å². The van der Waals surface area contributed by atoms with Crippen LogP contribution in [0.25, 0.3) is 0 Å². The van der Waals surface area contributed by atoms with Crippen LogP contribution in [0, 0.1) is 0 Å². The Labute approximate surface area is 130 Å². The molecule has 0 aliphatic rings. The number of carbonyl (C=O) groups is 2. The Morgan fingerprint density at radius 1 is 1.00 bits per heavy atom. The number of benzene rings is 2. The molecule has 0 saturated carbocycles. The van der Waals surface area contributed by atoms with Crippen LogP contribution in [-0.2, 0) is 0 Å². The molecule has 2 rings (SSSR count). The highest BCUT2D eigenvalue weighted by Gasteiger charge is 2.17. The third kappa shape index (κ3) is 3.87. The Morgan fingerprint density at radius 3 is 2.29 bits per heavy atom. The van der Waals surface area contributed by atoms with Gasteiger partial charge in [0.2, 0.25) is 0 Å². The van der Waals surface area contributed by atoms with Crippen LogP contribution in [0.3, 0.4) is 0 Å². The van der Waals surface area contributed by atoms with Crippen molar-refractivity contribution in [2.24, 2.45) is 0 Å². The minimum atomic E-state index is -0.801. The van der Waals surface area contributed by atoms with Gasteiger partial charge in [-0.05, 0) is 36.4 Å². The second-order valence-electron chi connectivity index (χ2n) is 4.05. The van der Waals surface area contributed by atoms with E-state index < -0.39 is 11.9 Å². The molecule has 108 valence electrons. The summed E-state index contributed by atoms with van der Waals surface area (Å²) in [5.74, 6) is -1.11. The van der Waals surface area contributed by atoms with Crippen LogP contribution in [0.15, 0.2) is 42.5 Å². The van der Waals surface area contributed by atoms with Crippen molar-refractivity contribution in [3.63, 3.8) is 0 Å². The molecule has 7 heteroatoms. The van der Waals surface area contributed by atoms with E-state index in [4.69, 9.17) is 23.2 Å². The smallest absolute Gasteiger partial charge is 0.326 e. The first-order chi connectivity index (χ1) is 9.97. The molecule has 0 aliphatic carbocycles. The molecule has 5 nitrogen and oxygen atoms in total. The molecule has 0 radical (unpaired) electrons. The first kappa shape index (κ1) is 15.2. The standard InChI is InChI=1S/C14H10Cl2N2O3/c15-8-4-6-9(7-5-8)17-14(21)18-13(20)12-10(16)2-1-3-11(12)19/h1-7,19H,(H2,17,18,20,21). The van der Waals surface area contributed by atoms with Gasteiger partial charge in [-0.15, -0.1) is 0 Å². The maximum atomic E-state index is 11.9. The summed E-state index contributed by atoms with van der Waals surface area (Å²) in [5, 5.41) is 14.7. The molecule has 0 saturated heterocycles. The maximum absolute atomic E-state index is 11.9. The van der Waals surface area contributed by atoms with E-state index in [1.165, 1.54) is 18.2 Å². The van der Waals surface area contributed by atoms with Gasteiger partial charge in [0.05, 0.1) is 5.02 Å². The lowest BCUT2D eigenvalue weighted by molar-refractivity contribution is 0.0964. The highest BCUT2D eigenvalue weighted by atomic mass is 35.5. The van der Waals surface area contributed by atoms with Gasteiger partial charge in [0.1, 0.15) is 11.3 Å². The van der Waals surface area contributed by atoms with Gasteiger partial charge >= 0.3 is 6.03 Å². The summed E-state index contributed by atoms with van der Waals surface area (Å²) in [6, 6.07) is 9.84. The zero-order valence-corrected chi connectivity index (χ0v) is 12.1. The molecule has 0 bridgehead atoms. The van der Waals surface area contributed by atoms with E-state index in [0.717, 1.165) is 0 Å². The number of urea groups is 1. The predicted octanol–water partition coefficient (Wildman–Crippen LogP) is 3.66. The second kappa shape index (κ2) is 6.47. The van der Waals surface area contributed by atoms with Crippen molar-refractivity contribution in [1.82, 2.24) is 5.32 Å². The van der Waals surface area contributed by atoms with Crippen molar-refractivity contribution in [2.75, 3.05) is 5.32 Å². The topological polar surface area (TPSA) is 78.4 Å². The Balaban J connectivity index is 2.06. The first-order valence-corrected chi connectivity index (χ1v) is 6.58. The summed E-state index contributed by atoms with van der Waals surface area (Å²) in [6.07, 6.45) is 0.